The standard InChI is InChI=1S/C30H31N7O4S/c1-3-16-35-21(2)29(38)36-26(37(35)42(40,41)20-22-12-14-31-15-13-22)19-34(30(39)28(36)23-8-5-4-6-9-23)18-25-11-7-10-24-17-32-33-27(24)25/h3-15,17,21,26,28H,1,16,18-20H2,2H3,(H,32,33)/t21?,26-,28-/m0/s1. The summed E-state index contributed by atoms with van der Waals surface area (Å²) in [4.78, 5) is 35.4. The van der Waals surface area contributed by atoms with Gasteiger partial charge in [0.05, 0.1) is 24.0 Å². The van der Waals surface area contributed by atoms with Crippen molar-refractivity contribution in [2.75, 3.05) is 13.1 Å². The summed E-state index contributed by atoms with van der Waals surface area (Å²) in [5, 5.41) is 9.59. The summed E-state index contributed by atoms with van der Waals surface area (Å²) in [6, 6.07) is 16.2. The number of fused-ring (bicyclic) bond motifs is 2. The maximum Gasteiger partial charge on any atom is 0.250 e. The molecule has 2 aromatic heterocycles. The monoisotopic (exact) mass is 585 g/mol. The highest BCUT2D eigenvalue weighted by molar-refractivity contribution is 7.88. The van der Waals surface area contributed by atoms with Gasteiger partial charge >= 0.3 is 0 Å². The van der Waals surface area contributed by atoms with Crippen LogP contribution in [0.15, 0.2) is 91.9 Å². The Balaban J connectivity index is 1.48. The molecule has 2 aliphatic rings. The SMILES string of the molecule is C=CCN1C(C)C(=O)N2[C@@H](c3ccccc3)C(=O)N(Cc3cccc4cn[nH]c34)C[C@@H]2N1S(=O)(=O)Cc1ccncc1. The molecule has 0 aliphatic carbocycles. The number of H-pyrrole nitrogens is 1. The lowest BCUT2D eigenvalue weighted by atomic mass is 9.97. The lowest BCUT2D eigenvalue weighted by Crippen LogP contribution is -2.75. The molecule has 3 atom stereocenters. The van der Waals surface area contributed by atoms with Crippen molar-refractivity contribution >= 4 is 32.7 Å². The van der Waals surface area contributed by atoms with E-state index in [2.05, 4.69) is 21.8 Å². The number of benzene rings is 2. The fourth-order valence-corrected chi connectivity index (χ4v) is 7.71. The fraction of sp³-hybridized carbons (Fsp3) is 0.267. The molecule has 42 heavy (non-hydrogen) atoms. The van der Waals surface area contributed by atoms with E-state index in [4.69, 9.17) is 0 Å². The van der Waals surface area contributed by atoms with Gasteiger partial charge in [0.25, 0.3) is 5.91 Å². The molecule has 11 nitrogen and oxygen atoms in total. The number of pyridine rings is 1. The number of aromatic amines is 1. The molecule has 216 valence electrons. The van der Waals surface area contributed by atoms with Crippen LogP contribution >= 0.6 is 0 Å². The summed E-state index contributed by atoms with van der Waals surface area (Å²) in [6.07, 6.45) is 5.40. The zero-order valence-electron chi connectivity index (χ0n) is 23.1. The molecule has 2 aromatic carbocycles. The first-order valence-electron chi connectivity index (χ1n) is 13.7. The van der Waals surface area contributed by atoms with E-state index in [0.717, 1.165) is 16.5 Å². The molecule has 2 aliphatic heterocycles. The molecule has 4 heterocycles. The molecule has 0 spiro atoms. The highest BCUT2D eigenvalue weighted by Gasteiger charge is 2.55. The number of carbonyl (C=O) groups is 2. The summed E-state index contributed by atoms with van der Waals surface area (Å²) >= 11 is 0. The fourth-order valence-electron chi connectivity index (χ4n) is 5.90. The quantitative estimate of drug-likeness (QED) is 0.316. The van der Waals surface area contributed by atoms with Crippen LogP contribution < -0.4 is 0 Å². The van der Waals surface area contributed by atoms with Crippen LogP contribution in [0.5, 0.6) is 0 Å². The Morgan fingerprint density at radius 3 is 2.52 bits per heavy atom. The summed E-state index contributed by atoms with van der Waals surface area (Å²) in [5.41, 5.74) is 2.81. The topological polar surface area (TPSA) is 123 Å². The molecule has 12 heteroatoms. The van der Waals surface area contributed by atoms with Crippen molar-refractivity contribution in [3.8, 4) is 0 Å². The maximum absolute atomic E-state index is 14.3. The molecule has 0 bridgehead atoms. The van der Waals surface area contributed by atoms with Crippen molar-refractivity contribution in [3.05, 3.63) is 109 Å². The predicted octanol–water partition coefficient (Wildman–Crippen LogP) is 2.83. The largest absolute Gasteiger partial charge is 0.333 e. The van der Waals surface area contributed by atoms with Crippen LogP contribution in [0, 0.1) is 0 Å². The van der Waals surface area contributed by atoms with E-state index in [1.54, 1.807) is 65.8 Å². The number of rotatable bonds is 8. The molecule has 0 radical (unpaired) electrons. The van der Waals surface area contributed by atoms with Crippen LogP contribution in [0.1, 0.15) is 29.7 Å². The number of para-hydroxylation sites is 1. The normalized spacial score (nSPS) is 22.0. The van der Waals surface area contributed by atoms with Gasteiger partial charge in [-0.15, -0.1) is 11.0 Å². The Hall–Kier alpha value is -4.39. The minimum absolute atomic E-state index is 0.0195. The van der Waals surface area contributed by atoms with Gasteiger partial charge in [0.15, 0.2) is 0 Å². The minimum Gasteiger partial charge on any atom is -0.333 e. The number of nitrogens with zero attached hydrogens (tertiary/aromatic N) is 6. The van der Waals surface area contributed by atoms with Gasteiger partial charge in [-0.1, -0.05) is 54.6 Å². The highest BCUT2D eigenvalue weighted by Crippen LogP contribution is 2.39. The number of hydrazine groups is 1. The van der Waals surface area contributed by atoms with E-state index < -0.39 is 28.3 Å². The minimum atomic E-state index is -4.04. The van der Waals surface area contributed by atoms with Crippen molar-refractivity contribution in [2.45, 2.75) is 37.5 Å². The molecular formula is C30H31N7O4S. The Morgan fingerprint density at radius 2 is 1.79 bits per heavy atom. The zero-order chi connectivity index (χ0) is 29.4. The third-order valence-electron chi connectivity index (χ3n) is 7.83. The molecule has 2 amide bonds. The second kappa shape index (κ2) is 11.1. The van der Waals surface area contributed by atoms with E-state index in [1.807, 2.05) is 36.4 Å². The summed E-state index contributed by atoms with van der Waals surface area (Å²) < 4.78 is 29.8. The van der Waals surface area contributed by atoms with Crippen molar-refractivity contribution in [1.29, 1.82) is 0 Å². The molecule has 1 unspecified atom stereocenters. The molecular weight excluding hydrogens is 554 g/mol. The number of carbonyl (C=O) groups excluding carboxylic acids is 2. The average molecular weight is 586 g/mol. The van der Waals surface area contributed by atoms with E-state index in [9.17, 15) is 18.0 Å². The van der Waals surface area contributed by atoms with E-state index >= 15 is 0 Å². The second-order valence-corrected chi connectivity index (χ2v) is 12.3. The Labute approximate surface area is 244 Å². The lowest BCUT2D eigenvalue weighted by Gasteiger charge is -2.56. The van der Waals surface area contributed by atoms with Crippen molar-refractivity contribution in [1.82, 2.24) is 34.4 Å². The van der Waals surface area contributed by atoms with Crippen LogP contribution in [0.4, 0.5) is 0 Å². The third kappa shape index (κ3) is 4.87. The van der Waals surface area contributed by atoms with Gasteiger partial charge in [0, 0.05) is 30.9 Å². The smallest absolute Gasteiger partial charge is 0.250 e. The second-order valence-electron chi connectivity index (χ2n) is 10.5. The number of sulfonamides is 1. The first kappa shape index (κ1) is 27.8. The van der Waals surface area contributed by atoms with Gasteiger partial charge in [0.1, 0.15) is 18.2 Å². The predicted molar refractivity (Wildman–Crippen MR) is 156 cm³/mol. The maximum atomic E-state index is 14.3. The van der Waals surface area contributed by atoms with Gasteiger partial charge in [0.2, 0.25) is 15.9 Å². The van der Waals surface area contributed by atoms with E-state index in [1.165, 1.54) is 9.31 Å². The number of aromatic nitrogens is 3. The van der Waals surface area contributed by atoms with E-state index in [-0.39, 0.29) is 37.2 Å². The van der Waals surface area contributed by atoms with E-state index in [0.29, 0.717) is 11.1 Å². The van der Waals surface area contributed by atoms with Crippen LogP contribution in [-0.2, 0) is 31.9 Å². The first-order valence-corrected chi connectivity index (χ1v) is 15.3. The van der Waals surface area contributed by atoms with Crippen molar-refractivity contribution < 1.29 is 18.0 Å². The molecule has 1 N–H and O–H groups in total. The van der Waals surface area contributed by atoms with Crippen LogP contribution in [0.25, 0.3) is 10.9 Å². The Morgan fingerprint density at radius 1 is 1.02 bits per heavy atom. The molecule has 6 rings (SSSR count). The van der Waals surface area contributed by atoms with Gasteiger partial charge in [-0.25, -0.2) is 13.4 Å². The zero-order valence-corrected chi connectivity index (χ0v) is 23.9. The van der Waals surface area contributed by atoms with Crippen LogP contribution in [0.3, 0.4) is 0 Å². The van der Waals surface area contributed by atoms with Gasteiger partial charge in [-0.2, -0.15) is 5.10 Å². The number of hydrogen-bond donors (Lipinski definition) is 1. The van der Waals surface area contributed by atoms with Gasteiger partial charge in [-0.05, 0) is 35.7 Å². The van der Waals surface area contributed by atoms with Gasteiger partial charge < -0.3 is 9.80 Å². The number of amides is 2. The summed E-state index contributed by atoms with van der Waals surface area (Å²) in [6.45, 7) is 5.79. The highest BCUT2D eigenvalue weighted by atomic mass is 32.2. The first-order chi connectivity index (χ1) is 20.3. The summed E-state index contributed by atoms with van der Waals surface area (Å²) in [7, 11) is -4.04. The molecule has 4 aromatic rings. The van der Waals surface area contributed by atoms with Crippen LogP contribution in [0.2, 0.25) is 0 Å². The number of nitrogens with one attached hydrogen (secondary N) is 1. The van der Waals surface area contributed by atoms with Gasteiger partial charge in [-0.3, -0.25) is 19.7 Å². The summed E-state index contributed by atoms with van der Waals surface area (Å²) in [5.74, 6) is -0.904. The molecule has 2 saturated heterocycles. The third-order valence-corrected chi connectivity index (χ3v) is 9.56. The van der Waals surface area contributed by atoms with Crippen molar-refractivity contribution in [3.63, 3.8) is 0 Å². The average Bonchev–Trinajstić information content (AvgIpc) is 3.47. The Kier molecular flexibility index (Phi) is 7.35. The lowest BCUT2D eigenvalue weighted by molar-refractivity contribution is -0.192. The number of piperazine rings is 1. The van der Waals surface area contributed by atoms with Crippen LogP contribution in [-0.4, -0.2) is 79.9 Å². The Bertz CT molecular complexity index is 1730. The number of hydrogen-bond acceptors (Lipinski definition) is 7. The molecule has 2 fully saturated rings. The molecule has 0 saturated carbocycles. The van der Waals surface area contributed by atoms with Crippen molar-refractivity contribution in [2.24, 2.45) is 0 Å².